The molecule has 1 saturated heterocycles. The molecule has 0 bridgehead atoms. The molecule has 1 aromatic heterocycles. The zero-order valence-corrected chi connectivity index (χ0v) is 12.2. The van der Waals surface area contributed by atoms with Crippen LogP contribution in [-0.2, 0) is 7.05 Å². The molecule has 0 amide bonds. The van der Waals surface area contributed by atoms with Gasteiger partial charge in [-0.1, -0.05) is 0 Å². The van der Waals surface area contributed by atoms with E-state index in [0.29, 0.717) is 10.4 Å². The van der Waals surface area contributed by atoms with Crippen LogP contribution in [0.1, 0.15) is 19.3 Å². The summed E-state index contributed by atoms with van der Waals surface area (Å²) in [6.45, 7) is 2.67. The number of rotatable bonds is 3. The molecule has 1 unspecified atom stereocenters. The number of anilines is 1. The number of piperidine rings is 1. The molecule has 0 saturated carbocycles. The zero-order valence-electron chi connectivity index (χ0n) is 10.6. The van der Waals surface area contributed by atoms with Crippen LogP contribution in [0.2, 0.25) is 0 Å². The van der Waals surface area contributed by atoms with E-state index >= 15 is 0 Å². The first-order chi connectivity index (χ1) is 8.63. The summed E-state index contributed by atoms with van der Waals surface area (Å²) in [5.74, 6) is 0.625. The molecule has 5 nitrogen and oxygen atoms in total. The molecular weight excluding hydrogens is 296 g/mol. The van der Waals surface area contributed by atoms with Crippen molar-refractivity contribution in [1.82, 2.24) is 9.78 Å². The molecule has 1 aromatic rings. The average Bonchev–Trinajstić information content (AvgIpc) is 2.37. The minimum atomic E-state index is -0.0894. The second-order valence-corrected chi connectivity index (χ2v) is 5.60. The zero-order chi connectivity index (χ0) is 13.1. The smallest absolute Gasteiger partial charge is 0.282 e. The van der Waals surface area contributed by atoms with E-state index in [1.165, 1.54) is 11.1 Å². The van der Waals surface area contributed by atoms with Gasteiger partial charge in [0.1, 0.15) is 4.47 Å². The Morgan fingerprint density at radius 3 is 3.11 bits per heavy atom. The summed E-state index contributed by atoms with van der Waals surface area (Å²) in [7, 11) is 1.66. The molecule has 1 fully saturated rings. The van der Waals surface area contributed by atoms with Crippen molar-refractivity contribution in [3.63, 3.8) is 0 Å². The molecule has 0 radical (unpaired) electrons. The predicted octanol–water partition coefficient (Wildman–Crippen LogP) is 1.11. The lowest BCUT2D eigenvalue weighted by atomic mass is 9.94. The van der Waals surface area contributed by atoms with E-state index in [-0.39, 0.29) is 5.56 Å². The third-order valence-corrected chi connectivity index (χ3v) is 4.24. The predicted molar refractivity (Wildman–Crippen MR) is 75.8 cm³/mol. The fourth-order valence-electron chi connectivity index (χ4n) is 2.48. The molecule has 2 rings (SSSR count). The average molecular weight is 315 g/mol. The highest BCUT2D eigenvalue weighted by molar-refractivity contribution is 9.10. The molecule has 1 aliphatic rings. The molecular formula is C12H19BrN4O. The lowest BCUT2D eigenvalue weighted by molar-refractivity contribution is 0.395. The summed E-state index contributed by atoms with van der Waals surface area (Å²) in [5, 5.41) is 4.09. The topological polar surface area (TPSA) is 64.2 Å². The van der Waals surface area contributed by atoms with E-state index in [1.54, 1.807) is 13.2 Å². The number of aryl methyl sites for hydroxylation is 1. The van der Waals surface area contributed by atoms with Crippen molar-refractivity contribution in [2.24, 2.45) is 18.7 Å². The van der Waals surface area contributed by atoms with Crippen molar-refractivity contribution in [3.05, 3.63) is 21.0 Å². The molecule has 0 aromatic carbocycles. The maximum absolute atomic E-state index is 11.8. The summed E-state index contributed by atoms with van der Waals surface area (Å²) >= 11 is 3.39. The van der Waals surface area contributed by atoms with Crippen LogP contribution in [-0.4, -0.2) is 29.4 Å². The van der Waals surface area contributed by atoms with Crippen LogP contribution in [0.3, 0.4) is 0 Å². The van der Waals surface area contributed by atoms with E-state index in [4.69, 9.17) is 5.73 Å². The summed E-state index contributed by atoms with van der Waals surface area (Å²) in [4.78, 5) is 14.1. The van der Waals surface area contributed by atoms with Gasteiger partial charge >= 0.3 is 0 Å². The van der Waals surface area contributed by atoms with Gasteiger partial charge in [0.15, 0.2) is 0 Å². The van der Waals surface area contributed by atoms with E-state index in [9.17, 15) is 4.79 Å². The Balaban J connectivity index is 2.21. The molecule has 100 valence electrons. The van der Waals surface area contributed by atoms with Crippen LogP contribution in [0.5, 0.6) is 0 Å². The molecule has 0 spiro atoms. The van der Waals surface area contributed by atoms with Crippen LogP contribution in [0, 0.1) is 5.92 Å². The first-order valence-corrected chi connectivity index (χ1v) is 7.09. The molecule has 2 heterocycles. The number of nitrogens with zero attached hydrogens (tertiary/aromatic N) is 3. The van der Waals surface area contributed by atoms with Gasteiger partial charge in [-0.05, 0) is 47.7 Å². The van der Waals surface area contributed by atoms with Crippen LogP contribution in [0.4, 0.5) is 5.69 Å². The molecule has 1 aliphatic heterocycles. The highest BCUT2D eigenvalue weighted by Gasteiger charge is 2.22. The summed E-state index contributed by atoms with van der Waals surface area (Å²) < 4.78 is 1.95. The third-order valence-electron chi connectivity index (χ3n) is 3.49. The minimum Gasteiger partial charge on any atom is -0.369 e. The Hall–Kier alpha value is -0.880. The van der Waals surface area contributed by atoms with Gasteiger partial charge in [-0.3, -0.25) is 4.79 Å². The van der Waals surface area contributed by atoms with Crippen LogP contribution in [0.15, 0.2) is 15.5 Å². The van der Waals surface area contributed by atoms with Crippen molar-refractivity contribution < 1.29 is 0 Å². The van der Waals surface area contributed by atoms with Crippen LogP contribution >= 0.6 is 15.9 Å². The highest BCUT2D eigenvalue weighted by atomic mass is 79.9. The Kier molecular flexibility index (Phi) is 4.40. The molecule has 18 heavy (non-hydrogen) atoms. The number of hydrogen-bond donors (Lipinski definition) is 1. The van der Waals surface area contributed by atoms with E-state index in [2.05, 4.69) is 25.9 Å². The standard InChI is InChI=1S/C12H19BrN4O/c1-16-12(18)11(13)10(7-15-16)17-6-2-3-9(8-17)4-5-14/h7,9H,2-6,8,14H2,1H3. The molecule has 2 N–H and O–H groups in total. The Bertz CT molecular complexity index is 472. The van der Waals surface area contributed by atoms with Gasteiger partial charge in [0, 0.05) is 20.1 Å². The quantitative estimate of drug-likeness (QED) is 0.907. The number of halogens is 1. The van der Waals surface area contributed by atoms with Gasteiger partial charge in [-0.2, -0.15) is 5.10 Å². The second-order valence-electron chi connectivity index (χ2n) is 4.80. The largest absolute Gasteiger partial charge is 0.369 e. The Labute approximate surface area is 115 Å². The molecule has 1 atom stereocenters. The van der Waals surface area contributed by atoms with E-state index < -0.39 is 0 Å². The SMILES string of the molecule is Cn1ncc(N2CCCC(CCN)C2)c(Br)c1=O. The second kappa shape index (κ2) is 5.84. The van der Waals surface area contributed by atoms with Crippen LogP contribution in [0.25, 0.3) is 0 Å². The van der Waals surface area contributed by atoms with E-state index in [1.807, 2.05) is 0 Å². The fraction of sp³-hybridized carbons (Fsp3) is 0.667. The van der Waals surface area contributed by atoms with Gasteiger partial charge in [0.05, 0.1) is 11.9 Å². The van der Waals surface area contributed by atoms with Crippen molar-refractivity contribution in [2.45, 2.75) is 19.3 Å². The van der Waals surface area contributed by atoms with Crippen molar-refractivity contribution >= 4 is 21.6 Å². The Morgan fingerprint density at radius 2 is 2.39 bits per heavy atom. The van der Waals surface area contributed by atoms with Gasteiger partial charge in [0.2, 0.25) is 0 Å². The van der Waals surface area contributed by atoms with Crippen LogP contribution < -0.4 is 16.2 Å². The van der Waals surface area contributed by atoms with Crippen molar-refractivity contribution in [2.75, 3.05) is 24.5 Å². The number of nitrogens with two attached hydrogens (primary N) is 1. The lowest BCUT2D eigenvalue weighted by Crippen LogP contribution is -2.37. The number of aromatic nitrogens is 2. The van der Waals surface area contributed by atoms with Gasteiger partial charge in [0.25, 0.3) is 5.56 Å². The summed E-state index contributed by atoms with van der Waals surface area (Å²) in [6, 6.07) is 0. The minimum absolute atomic E-state index is 0.0894. The van der Waals surface area contributed by atoms with Gasteiger partial charge in [-0.15, -0.1) is 0 Å². The normalized spacial score (nSPS) is 20.2. The monoisotopic (exact) mass is 314 g/mol. The van der Waals surface area contributed by atoms with Gasteiger partial charge < -0.3 is 10.6 Å². The first kappa shape index (κ1) is 13.5. The molecule has 6 heteroatoms. The van der Waals surface area contributed by atoms with Crippen molar-refractivity contribution in [3.8, 4) is 0 Å². The highest BCUT2D eigenvalue weighted by Crippen LogP contribution is 2.27. The Morgan fingerprint density at radius 1 is 1.61 bits per heavy atom. The van der Waals surface area contributed by atoms with E-state index in [0.717, 1.165) is 38.2 Å². The van der Waals surface area contributed by atoms with Gasteiger partial charge in [-0.25, -0.2) is 4.68 Å². The lowest BCUT2D eigenvalue weighted by Gasteiger charge is -2.34. The maximum atomic E-state index is 11.8. The third kappa shape index (κ3) is 2.75. The fourth-order valence-corrected chi connectivity index (χ4v) is 3.09. The molecule has 0 aliphatic carbocycles. The summed E-state index contributed by atoms with van der Waals surface area (Å²) in [6.07, 6.45) is 5.18. The summed E-state index contributed by atoms with van der Waals surface area (Å²) in [5.41, 5.74) is 6.44. The van der Waals surface area contributed by atoms with Crippen molar-refractivity contribution in [1.29, 1.82) is 0 Å². The number of hydrogen-bond acceptors (Lipinski definition) is 4. The maximum Gasteiger partial charge on any atom is 0.282 e. The first-order valence-electron chi connectivity index (χ1n) is 6.30.